The van der Waals surface area contributed by atoms with E-state index in [-0.39, 0.29) is 4.90 Å². The van der Waals surface area contributed by atoms with Crippen molar-refractivity contribution in [2.75, 3.05) is 0 Å². The van der Waals surface area contributed by atoms with Gasteiger partial charge in [-0.2, -0.15) is 8.42 Å². The lowest BCUT2D eigenvalue weighted by atomic mass is 10.5. The lowest BCUT2D eigenvalue weighted by Crippen LogP contribution is -1.98. The zero-order valence-electron chi connectivity index (χ0n) is 5.54. The number of halogens is 1. The Hall–Kier alpha value is 0.0900. The van der Waals surface area contributed by atoms with Gasteiger partial charge in [-0.15, -0.1) is 11.3 Å². The molecule has 62 valence electrons. The smallest absolute Gasteiger partial charge is 0.282 e. The first-order valence-electron chi connectivity index (χ1n) is 2.64. The summed E-state index contributed by atoms with van der Waals surface area (Å²) in [4.78, 5) is 0.557. The fourth-order valence-corrected chi connectivity index (χ4v) is 3.86. The van der Waals surface area contributed by atoms with Crippen LogP contribution in [0.25, 0.3) is 0 Å². The molecule has 0 fully saturated rings. The molecule has 0 amide bonds. The van der Waals surface area contributed by atoms with Crippen LogP contribution in [0.4, 0.5) is 0 Å². The predicted molar refractivity (Wildman–Crippen MR) is 46.6 cm³/mol. The van der Waals surface area contributed by atoms with Crippen molar-refractivity contribution >= 4 is 37.4 Å². The maximum Gasteiger partial charge on any atom is 0.296 e. The van der Waals surface area contributed by atoms with Gasteiger partial charge in [-0.1, -0.05) is 0 Å². The molecule has 1 aromatic rings. The van der Waals surface area contributed by atoms with Gasteiger partial charge in [0.15, 0.2) is 0 Å². The lowest BCUT2D eigenvalue weighted by molar-refractivity contribution is 0.482. The highest BCUT2D eigenvalue weighted by molar-refractivity contribution is 9.10. The Bertz CT molecular complexity index is 346. The third-order valence-corrected chi connectivity index (χ3v) is 4.41. The van der Waals surface area contributed by atoms with Crippen LogP contribution in [-0.2, 0) is 10.1 Å². The Kier molecular flexibility index (Phi) is 2.38. The summed E-state index contributed by atoms with van der Waals surface area (Å²) in [6, 6.07) is 0. The van der Waals surface area contributed by atoms with Crippen molar-refractivity contribution < 1.29 is 13.0 Å². The molecule has 0 aromatic carbocycles. The van der Waals surface area contributed by atoms with Crippen molar-refractivity contribution in [3.8, 4) is 0 Å². The first-order valence-corrected chi connectivity index (χ1v) is 5.75. The first kappa shape index (κ1) is 9.18. The van der Waals surface area contributed by atoms with E-state index in [0.29, 0.717) is 9.35 Å². The van der Waals surface area contributed by atoms with Crippen molar-refractivity contribution in [1.29, 1.82) is 0 Å². The molecule has 6 heteroatoms. The second-order valence-corrected chi connectivity index (χ2v) is 5.24. The summed E-state index contributed by atoms with van der Waals surface area (Å²) in [7, 11) is -4.06. The Labute approximate surface area is 76.9 Å². The van der Waals surface area contributed by atoms with Gasteiger partial charge < -0.3 is 0 Å². The molecule has 0 bridgehead atoms. The van der Waals surface area contributed by atoms with E-state index in [1.54, 1.807) is 12.3 Å². The first-order chi connectivity index (χ1) is 4.93. The average Bonchev–Trinajstić information content (AvgIpc) is 2.08. The topological polar surface area (TPSA) is 54.4 Å². The number of thiophene rings is 1. The van der Waals surface area contributed by atoms with E-state index in [2.05, 4.69) is 15.9 Å². The molecule has 3 nitrogen and oxygen atoms in total. The SMILES string of the molecule is Cc1scc(Br)c1S(=O)(=O)O. The molecule has 0 saturated carbocycles. The minimum Gasteiger partial charge on any atom is -0.282 e. The van der Waals surface area contributed by atoms with Crippen LogP contribution < -0.4 is 0 Å². The molecular formula is C5H5BrO3S2. The summed E-state index contributed by atoms with van der Waals surface area (Å²) >= 11 is 4.30. The fraction of sp³-hybridized carbons (Fsp3) is 0.200. The van der Waals surface area contributed by atoms with E-state index in [1.807, 2.05) is 0 Å². The molecule has 0 unspecified atom stereocenters. The maximum absolute atomic E-state index is 10.7. The van der Waals surface area contributed by atoms with Gasteiger partial charge in [0.1, 0.15) is 4.90 Å². The molecule has 0 aliphatic heterocycles. The van der Waals surface area contributed by atoms with Gasteiger partial charge in [-0.25, -0.2) is 0 Å². The molecule has 0 atom stereocenters. The molecule has 1 heterocycles. The maximum atomic E-state index is 10.7. The van der Waals surface area contributed by atoms with E-state index >= 15 is 0 Å². The summed E-state index contributed by atoms with van der Waals surface area (Å²) < 4.78 is 30.4. The highest BCUT2D eigenvalue weighted by atomic mass is 79.9. The molecule has 1 N–H and O–H groups in total. The van der Waals surface area contributed by atoms with Gasteiger partial charge in [0.05, 0.1) is 0 Å². The third-order valence-electron chi connectivity index (χ3n) is 1.13. The Morgan fingerprint density at radius 2 is 2.18 bits per heavy atom. The van der Waals surface area contributed by atoms with E-state index in [4.69, 9.17) is 4.55 Å². The molecule has 0 radical (unpaired) electrons. The quantitative estimate of drug-likeness (QED) is 0.783. The predicted octanol–water partition coefficient (Wildman–Crippen LogP) is 2.07. The molecular weight excluding hydrogens is 252 g/mol. The zero-order chi connectivity index (χ0) is 8.65. The van der Waals surface area contributed by atoms with Crippen LogP contribution in [-0.4, -0.2) is 13.0 Å². The van der Waals surface area contributed by atoms with Gasteiger partial charge in [0.25, 0.3) is 10.1 Å². The second-order valence-electron chi connectivity index (χ2n) is 1.94. The summed E-state index contributed by atoms with van der Waals surface area (Å²) in [5.74, 6) is 0. The van der Waals surface area contributed by atoms with Crippen molar-refractivity contribution in [3.63, 3.8) is 0 Å². The van der Waals surface area contributed by atoms with E-state index in [0.717, 1.165) is 0 Å². The van der Waals surface area contributed by atoms with Crippen molar-refractivity contribution in [1.82, 2.24) is 0 Å². The van der Waals surface area contributed by atoms with Gasteiger partial charge >= 0.3 is 0 Å². The van der Waals surface area contributed by atoms with Crippen LogP contribution in [0.3, 0.4) is 0 Å². The molecule has 0 aliphatic rings. The summed E-state index contributed by atoms with van der Waals surface area (Å²) in [6.07, 6.45) is 0. The van der Waals surface area contributed by atoms with Gasteiger partial charge in [-0.3, -0.25) is 4.55 Å². The lowest BCUT2D eigenvalue weighted by Gasteiger charge is -1.94. The number of hydrogen-bond acceptors (Lipinski definition) is 3. The zero-order valence-corrected chi connectivity index (χ0v) is 8.75. The van der Waals surface area contributed by atoms with E-state index in [9.17, 15) is 8.42 Å². The standard InChI is InChI=1S/C5H5BrO3S2/c1-3-5(11(7,8)9)4(6)2-10-3/h2H,1H3,(H,7,8,9). The van der Waals surface area contributed by atoms with Crippen molar-refractivity contribution in [2.45, 2.75) is 11.8 Å². The number of rotatable bonds is 1. The van der Waals surface area contributed by atoms with Crippen LogP contribution in [0.15, 0.2) is 14.7 Å². The van der Waals surface area contributed by atoms with Crippen LogP contribution in [0, 0.1) is 6.92 Å². The fourth-order valence-electron chi connectivity index (χ4n) is 0.720. The van der Waals surface area contributed by atoms with E-state index in [1.165, 1.54) is 11.3 Å². The Morgan fingerprint density at radius 3 is 2.36 bits per heavy atom. The van der Waals surface area contributed by atoms with E-state index < -0.39 is 10.1 Å². The summed E-state index contributed by atoms with van der Waals surface area (Å²) in [6.45, 7) is 1.64. The summed E-state index contributed by atoms with van der Waals surface area (Å²) in [5.41, 5.74) is 0. The molecule has 1 aromatic heterocycles. The number of hydrogen-bond donors (Lipinski definition) is 1. The van der Waals surface area contributed by atoms with Crippen molar-refractivity contribution in [2.24, 2.45) is 0 Å². The monoisotopic (exact) mass is 256 g/mol. The molecule has 1 rings (SSSR count). The van der Waals surface area contributed by atoms with Gasteiger partial charge in [0, 0.05) is 14.7 Å². The van der Waals surface area contributed by atoms with Crippen LogP contribution in [0.2, 0.25) is 0 Å². The van der Waals surface area contributed by atoms with Gasteiger partial charge in [-0.05, 0) is 22.9 Å². The molecule has 0 saturated heterocycles. The minimum atomic E-state index is -4.06. The molecule has 0 aliphatic carbocycles. The van der Waals surface area contributed by atoms with Crippen LogP contribution in [0.5, 0.6) is 0 Å². The minimum absolute atomic E-state index is 0.0255. The van der Waals surface area contributed by atoms with Crippen molar-refractivity contribution in [3.05, 3.63) is 14.7 Å². The highest BCUT2D eigenvalue weighted by Crippen LogP contribution is 2.30. The van der Waals surface area contributed by atoms with Crippen LogP contribution >= 0.6 is 27.3 Å². The summed E-state index contributed by atoms with van der Waals surface area (Å²) in [5, 5.41) is 1.62. The largest absolute Gasteiger partial charge is 0.296 e. The number of aryl methyl sites for hydroxylation is 1. The average molecular weight is 257 g/mol. The Morgan fingerprint density at radius 1 is 1.64 bits per heavy atom. The van der Waals surface area contributed by atoms with Crippen LogP contribution in [0.1, 0.15) is 4.88 Å². The Balaban J connectivity index is 3.45. The third kappa shape index (κ3) is 1.81. The highest BCUT2D eigenvalue weighted by Gasteiger charge is 2.18. The van der Waals surface area contributed by atoms with Gasteiger partial charge in [0.2, 0.25) is 0 Å². The molecule has 0 spiro atoms. The second kappa shape index (κ2) is 2.85. The normalized spacial score (nSPS) is 11.9. The molecule has 11 heavy (non-hydrogen) atoms.